The molecule has 0 aliphatic rings. The van der Waals surface area contributed by atoms with Crippen molar-refractivity contribution in [1.29, 1.82) is 0 Å². The first kappa shape index (κ1) is 17.1. The quantitative estimate of drug-likeness (QED) is 0.474. The molecule has 0 fully saturated rings. The molecule has 0 aliphatic heterocycles. The third kappa shape index (κ3) is 10.8. The van der Waals surface area contributed by atoms with E-state index in [4.69, 9.17) is 0 Å². The molecule has 0 aliphatic carbocycles. The average Bonchev–Trinajstić information content (AvgIpc) is 1.97. The summed E-state index contributed by atoms with van der Waals surface area (Å²) in [7, 11) is 1.20. The van der Waals surface area contributed by atoms with Gasteiger partial charge in [-0.15, -0.1) is 11.5 Å². The largest absolute Gasteiger partial charge is 1.00 e. The summed E-state index contributed by atoms with van der Waals surface area (Å²) in [5.74, 6) is -0.245. The Kier molecular flexibility index (Phi) is 9.68. The van der Waals surface area contributed by atoms with Crippen molar-refractivity contribution in [2.75, 3.05) is 7.11 Å². The number of halogens is 3. The van der Waals surface area contributed by atoms with Crippen LogP contribution < -0.4 is 51.4 Å². The van der Waals surface area contributed by atoms with Gasteiger partial charge < -0.3 is 17.7 Å². The van der Waals surface area contributed by atoms with Crippen LogP contribution in [0, 0.1) is 0 Å². The minimum Gasteiger partial charge on any atom is -0.469 e. The fourth-order valence-corrected chi connectivity index (χ4v) is 0.807. The van der Waals surface area contributed by atoms with E-state index in [1.54, 1.807) is 0 Å². The fraction of sp³-hybridized carbons (Fsp3) is 0.571. The SMILES string of the molecule is COC(=O)CC/C(C)=C/[B-](F)(F)F.[K+]. The summed E-state index contributed by atoms with van der Waals surface area (Å²) < 4.78 is 39.6. The zero-order chi connectivity index (χ0) is 10.5. The first-order valence-electron chi connectivity index (χ1n) is 3.80. The van der Waals surface area contributed by atoms with Crippen LogP contribution in [0.15, 0.2) is 11.5 Å². The number of hydrogen-bond acceptors (Lipinski definition) is 2. The molecule has 76 valence electrons. The minimum absolute atomic E-state index is 0. The number of hydrogen-bond donors (Lipinski definition) is 0. The van der Waals surface area contributed by atoms with Gasteiger partial charge in [0.15, 0.2) is 0 Å². The molecule has 0 aromatic rings. The Morgan fingerprint density at radius 1 is 1.36 bits per heavy atom. The van der Waals surface area contributed by atoms with E-state index in [-0.39, 0.29) is 75.8 Å². The van der Waals surface area contributed by atoms with Crippen LogP contribution in [0.1, 0.15) is 19.8 Å². The summed E-state index contributed by atoms with van der Waals surface area (Å²) in [4.78, 5) is 10.6. The van der Waals surface area contributed by atoms with Gasteiger partial charge in [0.1, 0.15) is 0 Å². The molecular weight excluding hydrogens is 223 g/mol. The number of esters is 1. The van der Waals surface area contributed by atoms with Gasteiger partial charge in [0.05, 0.1) is 7.11 Å². The van der Waals surface area contributed by atoms with Gasteiger partial charge in [-0.25, -0.2) is 0 Å². The molecule has 0 atom stereocenters. The molecule has 0 unspecified atom stereocenters. The van der Waals surface area contributed by atoms with E-state index in [0.717, 1.165) is 0 Å². The summed E-state index contributed by atoms with van der Waals surface area (Å²) in [5.41, 5.74) is 0.151. The van der Waals surface area contributed by atoms with Crippen molar-refractivity contribution in [3.8, 4) is 0 Å². The number of carbonyl (C=O) groups is 1. The molecule has 0 radical (unpaired) electrons. The third-order valence-corrected chi connectivity index (χ3v) is 1.42. The standard InChI is InChI=1S/C7H11BF3O2.K/c1-6(5-8(9,10)11)3-4-7(12)13-2;/h5H,3-4H2,1-2H3;/q-1;+1/b6-5+;. The molecule has 0 amide bonds. The van der Waals surface area contributed by atoms with Crippen LogP contribution in [-0.4, -0.2) is 20.1 Å². The average molecular weight is 234 g/mol. The molecule has 0 saturated carbocycles. The maximum atomic E-state index is 11.8. The van der Waals surface area contributed by atoms with Crippen molar-refractivity contribution in [3.63, 3.8) is 0 Å². The Labute approximate surface area is 124 Å². The van der Waals surface area contributed by atoms with E-state index in [2.05, 4.69) is 4.74 Å². The molecule has 7 heteroatoms. The molecular formula is C7H11BF3KO2. The van der Waals surface area contributed by atoms with Crippen molar-refractivity contribution in [3.05, 3.63) is 11.5 Å². The number of carbonyl (C=O) groups excluding carboxylic acids is 1. The number of ether oxygens (including phenoxy) is 1. The smallest absolute Gasteiger partial charge is 0.469 e. The van der Waals surface area contributed by atoms with Gasteiger partial charge in [0, 0.05) is 6.42 Å². The van der Waals surface area contributed by atoms with Crippen molar-refractivity contribution >= 4 is 12.9 Å². The van der Waals surface area contributed by atoms with Crippen molar-refractivity contribution in [2.45, 2.75) is 19.8 Å². The molecule has 0 heterocycles. The molecule has 0 saturated heterocycles. The summed E-state index contributed by atoms with van der Waals surface area (Å²) in [6.07, 6.45) is 0.0823. The molecule has 0 aromatic heterocycles. The summed E-state index contributed by atoms with van der Waals surface area (Å²) in [6.45, 7) is -3.55. The Morgan fingerprint density at radius 2 is 1.86 bits per heavy atom. The normalized spacial score (nSPS) is 11.9. The predicted molar refractivity (Wildman–Crippen MR) is 44.1 cm³/mol. The van der Waals surface area contributed by atoms with E-state index in [9.17, 15) is 17.7 Å². The van der Waals surface area contributed by atoms with E-state index < -0.39 is 12.9 Å². The molecule has 0 aromatic carbocycles. The molecule has 0 rings (SSSR count). The number of rotatable bonds is 4. The second-order valence-corrected chi connectivity index (χ2v) is 2.71. The van der Waals surface area contributed by atoms with Gasteiger partial charge in [-0.1, -0.05) is 0 Å². The summed E-state index contributed by atoms with van der Waals surface area (Å²) in [6, 6.07) is 0. The van der Waals surface area contributed by atoms with E-state index in [1.807, 2.05) is 0 Å². The van der Waals surface area contributed by atoms with Crippen LogP contribution in [0.3, 0.4) is 0 Å². The molecule has 14 heavy (non-hydrogen) atoms. The molecule has 0 N–H and O–H groups in total. The van der Waals surface area contributed by atoms with Crippen LogP contribution in [-0.2, 0) is 9.53 Å². The Balaban J connectivity index is 0. The Bertz CT molecular complexity index is 215. The van der Waals surface area contributed by atoms with Crippen molar-refractivity contribution < 1.29 is 73.9 Å². The van der Waals surface area contributed by atoms with Crippen LogP contribution in [0.25, 0.3) is 0 Å². The van der Waals surface area contributed by atoms with E-state index in [1.165, 1.54) is 14.0 Å². The van der Waals surface area contributed by atoms with E-state index in [0.29, 0.717) is 0 Å². The zero-order valence-electron chi connectivity index (χ0n) is 8.52. The topological polar surface area (TPSA) is 26.3 Å². The van der Waals surface area contributed by atoms with Crippen molar-refractivity contribution in [2.24, 2.45) is 0 Å². The van der Waals surface area contributed by atoms with Crippen LogP contribution in [0.2, 0.25) is 0 Å². The number of allylic oxidation sites excluding steroid dienone is 1. The number of methoxy groups -OCH3 is 1. The maximum Gasteiger partial charge on any atom is 1.00 e. The predicted octanol–water partition coefficient (Wildman–Crippen LogP) is -0.724. The first-order valence-corrected chi connectivity index (χ1v) is 3.80. The van der Waals surface area contributed by atoms with Gasteiger partial charge in [-0.2, -0.15) is 0 Å². The van der Waals surface area contributed by atoms with Gasteiger partial charge in [0.25, 0.3) is 0 Å². The third-order valence-electron chi connectivity index (χ3n) is 1.42. The molecule has 2 nitrogen and oxygen atoms in total. The Hall–Kier alpha value is 0.701. The van der Waals surface area contributed by atoms with Gasteiger partial charge in [-0.05, 0) is 13.3 Å². The fourth-order valence-electron chi connectivity index (χ4n) is 0.807. The monoisotopic (exact) mass is 234 g/mol. The maximum absolute atomic E-state index is 11.8. The van der Waals surface area contributed by atoms with Gasteiger partial charge in [0.2, 0.25) is 0 Å². The van der Waals surface area contributed by atoms with Gasteiger partial charge in [-0.3, -0.25) is 4.79 Å². The first-order chi connectivity index (χ1) is 5.85. The van der Waals surface area contributed by atoms with Crippen LogP contribution in [0.5, 0.6) is 0 Å². The second-order valence-electron chi connectivity index (χ2n) is 2.71. The van der Waals surface area contributed by atoms with Crippen LogP contribution >= 0.6 is 0 Å². The molecule has 0 spiro atoms. The second kappa shape index (κ2) is 7.92. The van der Waals surface area contributed by atoms with E-state index >= 15 is 0 Å². The summed E-state index contributed by atoms with van der Waals surface area (Å²) >= 11 is 0. The molecule has 0 bridgehead atoms. The van der Waals surface area contributed by atoms with Crippen molar-refractivity contribution in [1.82, 2.24) is 0 Å². The summed E-state index contributed by atoms with van der Waals surface area (Å²) in [5, 5.41) is 0. The van der Waals surface area contributed by atoms with Gasteiger partial charge >= 0.3 is 64.3 Å². The van der Waals surface area contributed by atoms with Crippen LogP contribution in [0.4, 0.5) is 12.9 Å². The zero-order valence-corrected chi connectivity index (χ0v) is 11.6. The minimum atomic E-state index is -4.90. The Morgan fingerprint density at radius 3 is 2.21 bits per heavy atom.